The fourth-order valence-corrected chi connectivity index (χ4v) is 8.73. The Hall–Kier alpha value is -4.19. The second-order valence-corrected chi connectivity index (χ2v) is 20.9. The molecule has 6 nitrogen and oxygen atoms in total. The number of unbranched alkanes of at least 4 members (excludes halogenated alkanes) is 26. The lowest BCUT2D eigenvalue weighted by Gasteiger charge is -2.18. The van der Waals surface area contributed by atoms with Crippen LogP contribution in [-0.4, -0.2) is 37.2 Å². The first-order valence-corrected chi connectivity index (χ1v) is 32.0. The maximum absolute atomic E-state index is 12.8. The van der Waals surface area contributed by atoms with Gasteiger partial charge in [0.25, 0.3) is 0 Å². The smallest absolute Gasteiger partial charge is 0.306 e. The highest BCUT2D eigenvalue weighted by molar-refractivity contribution is 5.71. The summed E-state index contributed by atoms with van der Waals surface area (Å²) in [4.78, 5) is 38.0. The van der Waals surface area contributed by atoms with E-state index in [1.165, 1.54) is 116 Å². The first-order chi connectivity index (χ1) is 38.0. The van der Waals surface area contributed by atoms with Crippen LogP contribution in [0.2, 0.25) is 0 Å². The molecule has 0 saturated heterocycles. The minimum atomic E-state index is -0.781. The Labute approximate surface area is 475 Å². The van der Waals surface area contributed by atoms with Gasteiger partial charge in [0.05, 0.1) is 0 Å². The van der Waals surface area contributed by atoms with Crippen molar-refractivity contribution in [3.8, 4) is 0 Å². The number of allylic oxidation sites excluding steroid dienone is 20. The van der Waals surface area contributed by atoms with Crippen LogP contribution < -0.4 is 0 Å². The molecule has 0 aromatic rings. The van der Waals surface area contributed by atoms with Crippen molar-refractivity contribution in [2.45, 2.75) is 297 Å². The zero-order valence-corrected chi connectivity index (χ0v) is 50.2. The molecular formula is C71H118O6. The van der Waals surface area contributed by atoms with Crippen molar-refractivity contribution < 1.29 is 28.6 Å². The van der Waals surface area contributed by atoms with Crippen molar-refractivity contribution in [2.24, 2.45) is 0 Å². The molecule has 0 fully saturated rings. The van der Waals surface area contributed by atoms with E-state index in [1.54, 1.807) is 0 Å². The van der Waals surface area contributed by atoms with Crippen LogP contribution in [0.5, 0.6) is 0 Å². The van der Waals surface area contributed by atoms with Crippen molar-refractivity contribution in [2.75, 3.05) is 13.2 Å². The number of carbonyl (C=O) groups is 3. The van der Waals surface area contributed by atoms with Crippen LogP contribution in [-0.2, 0) is 28.6 Å². The molecule has 0 N–H and O–H groups in total. The Bertz CT molecular complexity index is 1600. The van der Waals surface area contributed by atoms with E-state index in [1.807, 2.05) is 0 Å². The maximum Gasteiger partial charge on any atom is 0.306 e. The molecule has 0 saturated carbocycles. The summed E-state index contributed by atoms with van der Waals surface area (Å²) < 4.78 is 16.8. The van der Waals surface area contributed by atoms with Crippen LogP contribution in [0.3, 0.4) is 0 Å². The van der Waals surface area contributed by atoms with Crippen molar-refractivity contribution in [3.05, 3.63) is 122 Å². The van der Waals surface area contributed by atoms with Crippen LogP contribution >= 0.6 is 0 Å². The maximum atomic E-state index is 12.8. The Morgan fingerprint density at radius 1 is 0.273 bits per heavy atom. The fourth-order valence-electron chi connectivity index (χ4n) is 8.73. The summed E-state index contributed by atoms with van der Waals surface area (Å²) in [7, 11) is 0. The van der Waals surface area contributed by atoms with Gasteiger partial charge in [-0.25, -0.2) is 0 Å². The lowest BCUT2D eigenvalue weighted by molar-refractivity contribution is -0.167. The van der Waals surface area contributed by atoms with Gasteiger partial charge >= 0.3 is 17.9 Å². The second kappa shape index (κ2) is 64.3. The second-order valence-electron chi connectivity index (χ2n) is 20.9. The van der Waals surface area contributed by atoms with Crippen LogP contribution in [0.15, 0.2) is 122 Å². The van der Waals surface area contributed by atoms with Crippen LogP contribution in [0.25, 0.3) is 0 Å². The van der Waals surface area contributed by atoms with E-state index in [2.05, 4.69) is 142 Å². The summed E-state index contributed by atoms with van der Waals surface area (Å²) in [5.74, 6) is -0.899. The topological polar surface area (TPSA) is 78.9 Å². The standard InChI is InChI=1S/C71H118O6/c1-4-7-10-13-15-17-19-21-23-25-27-29-31-33-34-35-36-38-39-41-43-45-47-49-51-53-55-58-61-64-70(73)76-67-68(66-75-69(72)63-60-57-12-9-6-3)77-71(74)65-62-59-56-54-52-50-48-46-44-42-40-37-32-30-28-26-24-22-20-18-16-14-11-8-5-2/h7-8,10-11,15-18,21-24,27-30,33-34,37,40,68H,4-6,9,12-14,19-20,25-26,31-32,35-36,38-39,41-67H2,1-3H3/b10-7-,11-8-,17-15-,18-16-,23-21-,24-22-,29-27-,30-28-,34-33-,40-37-. The molecule has 0 amide bonds. The summed E-state index contributed by atoms with van der Waals surface area (Å²) in [6.07, 6.45) is 89.7. The molecule has 6 heteroatoms. The number of carbonyl (C=O) groups excluding carboxylic acids is 3. The Morgan fingerprint density at radius 3 is 0.792 bits per heavy atom. The summed E-state index contributed by atoms with van der Waals surface area (Å²) in [6.45, 7) is 6.34. The van der Waals surface area contributed by atoms with Crippen LogP contribution in [0, 0.1) is 0 Å². The van der Waals surface area contributed by atoms with Gasteiger partial charge in [0.2, 0.25) is 0 Å². The van der Waals surface area contributed by atoms with Gasteiger partial charge < -0.3 is 14.2 Å². The van der Waals surface area contributed by atoms with Gasteiger partial charge in [-0.2, -0.15) is 0 Å². The quantitative estimate of drug-likeness (QED) is 0.0261. The first-order valence-electron chi connectivity index (χ1n) is 32.0. The van der Waals surface area contributed by atoms with E-state index in [0.29, 0.717) is 19.3 Å². The van der Waals surface area contributed by atoms with Gasteiger partial charge in [-0.15, -0.1) is 0 Å². The number of ether oxygens (including phenoxy) is 3. The molecule has 438 valence electrons. The summed E-state index contributed by atoms with van der Waals surface area (Å²) in [6, 6.07) is 0. The normalized spacial score (nSPS) is 12.9. The molecule has 77 heavy (non-hydrogen) atoms. The van der Waals surface area contributed by atoms with Crippen molar-refractivity contribution in [1.29, 1.82) is 0 Å². The lowest BCUT2D eigenvalue weighted by Crippen LogP contribution is -2.30. The highest BCUT2D eigenvalue weighted by Gasteiger charge is 2.19. The monoisotopic (exact) mass is 1070 g/mol. The van der Waals surface area contributed by atoms with Gasteiger partial charge in [-0.3, -0.25) is 14.4 Å². The molecule has 0 bridgehead atoms. The predicted molar refractivity (Wildman–Crippen MR) is 334 cm³/mol. The van der Waals surface area contributed by atoms with Gasteiger partial charge in [0, 0.05) is 19.3 Å². The SMILES string of the molecule is CC/C=C\C/C=C\C/C=C\C/C=C\C/C=C\CCCCCCCCCCCCCCCC(=O)OCC(COC(=O)CCCCCCC)OC(=O)CCCCCCCCCCC/C=C\C/C=C\C/C=C\C/C=C\C/C=C\CC. The molecule has 1 unspecified atom stereocenters. The summed E-state index contributed by atoms with van der Waals surface area (Å²) in [5.41, 5.74) is 0. The third-order valence-electron chi connectivity index (χ3n) is 13.5. The Morgan fingerprint density at radius 2 is 0.506 bits per heavy atom. The molecule has 0 aliphatic rings. The lowest BCUT2D eigenvalue weighted by atomic mass is 10.0. The Balaban J connectivity index is 4.06. The molecule has 0 aliphatic carbocycles. The number of esters is 3. The van der Waals surface area contributed by atoms with Gasteiger partial charge in [-0.05, 0) is 109 Å². The highest BCUT2D eigenvalue weighted by atomic mass is 16.6. The minimum Gasteiger partial charge on any atom is -0.462 e. The predicted octanol–water partition coefficient (Wildman–Crippen LogP) is 22.0. The van der Waals surface area contributed by atoms with Crippen molar-refractivity contribution in [3.63, 3.8) is 0 Å². The minimum absolute atomic E-state index is 0.0816. The first kappa shape index (κ1) is 72.8. The molecule has 0 heterocycles. The molecule has 0 rings (SSSR count). The zero-order chi connectivity index (χ0) is 55.7. The van der Waals surface area contributed by atoms with Crippen molar-refractivity contribution >= 4 is 17.9 Å². The third kappa shape index (κ3) is 62.5. The summed E-state index contributed by atoms with van der Waals surface area (Å²) >= 11 is 0. The van der Waals surface area contributed by atoms with Gasteiger partial charge in [-0.1, -0.05) is 284 Å². The van der Waals surface area contributed by atoms with E-state index in [0.717, 1.165) is 135 Å². The van der Waals surface area contributed by atoms with E-state index in [9.17, 15) is 14.4 Å². The van der Waals surface area contributed by atoms with Crippen LogP contribution in [0.1, 0.15) is 290 Å². The van der Waals surface area contributed by atoms with E-state index < -0.39 is 6.10 Å². The zero-order valence-electron chi connectivity index (χ0n) is 50.2. The number of hydrogen-bond acceptors (Lipinski definition) is 6. The average molecular weight is 1070 g/mol. The fraction of sp³-hybridized carbons (Fsp3) is 0.676. The molecule has 0 aromatic heterocycles. The molecule has 0 radical (unpaired) electrons. The molecule has 1 atom stereocenters. The van der Waals surface area contributed by atoms with Crippen LogP contribution in [0.4, 0.5) is 0 Å². The van der Waals surface area contributed by atoms with E-state index >= 15 is 0 Å². The third-order valence-corrected chi connectivity index (χ3v) is 13.5. The molecule has 0 aliphatic heterocycles. The summed E-state index contributed by atoms with van der Waals surface area (Å²) in [5, 5.41) is 0. The number of rotatable bonds is 57. The highest BCUT2D eigenvalue weighted by Crippen LogP contribution is 2.16. The molecular weight excluding hydrogens is 949 g/mol. The van der Waals surface area contributed by atoms with E-state index in [-0.39, 0.29) is 31.1 Å². The van der Waals surface area contributed by atoms with Gasteiger partial charge in [0.15, 0.2) is 6.10 Å². The van der Waals surface area contributed by atoms with Crippen molar-refractivity contribution in [1.82, 2.24) is 0 Å². The molecule has 0 aromatic carbocycles. The largest absolute Gasteiger partial charge is 0.462 e. The number of hydrogen-bond donors (Lipinski definition) is 0. The van der Waals surface area contributed by atoms with E-state index in [4.69, 9.17) is 14.2 Å². The average Bonchev–Trinajstić information content (AvgIpc) is 3.43. The molecule has 0 spiro atoms. The Kier molecular flexibility index (Phi) is 60.8. The van der Waals surface area contributed by atoms with Gasteiger partial charge in [0.1, 0.15) is 13.2 Å².